The lowest BCUT2D eigenvalue weighted by atomic mass is 9.92. The number of fused-ring (bicyclic) bond motifs is 1. The predicted molar refractivity (Wildman–Crippen MR) is 99.9 cm³/mol. The van der Waals surface area contributed by atoms with Gasteiger partial charge in [0.15, 0.2) is 0 Å². The summed E-state index contributed by atoms with van der Waals surface area (Å²) in [6.07, 6.45) is 1.64. The minimum atomic E-state index is 0.280. The average Bonchev–Trinajstić information content (AvgIpc) is 2.62. The summed E-state index contributed by atoms with van der Waals surface area (Å²) in [5, 5.41) is 6.37. The first-order chi connectivity index (χ1) is 11.6. The summed E-state index contributed by atoms with van der Waals surface area (Å²) in [4.78, 5) is 13.9. The Labute approximate surface area is 145 Å². The van der Waals surface area contributed by atoms with E-state index in [1.807, 2.05) is 11.8 Å². The third-order valence-electron chi connectivity index (χ3n) is 5.30. The van der Waals surface area contributed by atoms with Gasteiger partial charge in [0, 0.05) is 31.6 Å². The molecule has 1 N–H and O–H groups in total. The van der Waals surface area contributed by atoms with E-state index in [2.05, 4.69) is 61.6 Å². The molecule has 3 heteroatoms. The van der Waals surface area contributed by atoms with Crippen LogP contribution in [-0.2, 0) is 4.79 Å². The van der Waals surface area contributed by atoms with Gasteiger partial charge < -0.3 is 10.2 Å². The highest BCUT2D eigenvalue weighted by molar-refractivity contribution is 5.83. The first-order valence-corrected chi connectivity index (χ1v) is 9.11. The minimum Gasteiger partial charge on any atom is -0.342 e. The van der Waals surface area contributed by atoms with Crippen molar-refractivity contribution in [1.29, 1.82) is 0 Å². The van der Waals surface area contributed by atoms with Crippen LogP contribution in [0.5, 0.6) is 0 Å². The Bertz CT molecular complexity index is 712. The third-order valence-corrected chi connectivity index (χ3v) is 5.30. The van der Waals surface area contributed by atoms with E-state index >= 15 is 0 Å². The minimum absolute atomic E-state index is 0.280. The number of hydrogen-bond donors (Lipinski definition) is 1. The number of likely N-dealkylation sites (tertiary alicyclic amines) is 1. The molecule has 0 unspecified atom stereocenters. The van der Waals surface area contributed by atoms with Crippen LogP contribution in [-0.4, -0.2) is 29.9 Å². The number of hydrogen-bond acceptors (Lipinski definition) is 2. The smallest absolute Gasteiger partial charge is 0.222 e. The molecule has 1 saturated heterocycles. The van der Waals surface area contributed by atoms with Crippen LogP contribution < -0.4 is 5.32 Å². The van der Waals surface area contributed by atoms with Gasteiger partial charge in [0.1, 0.15) is 0 Å². The molecule has 1 aliphatic rings. The molecule has 128 valence electrons. The lowest BCUT2D eigenvalue weighted by molar-refractivity contribution is -0.132. The van der Waals surface area contributed by atoms with E-state index < -0.39 is 0 Å². The van der Waals surface area contributed by atoms with Crippen molar-refractivity contribution in [2.24, 2.45) is 5.92 Å². The number of rotatable bonds is 4. The van der Waals surface area contributed by atoms with E-state index in [1.165, 1.54) is 16.3 Å². The van der Waals surface area contributed by atoms with E-state index in [1.54, 1.807) is 0 Å². The quantitative estimate of drug-likeness (QED) is 0.917. The Morgan fingerprint density at radius 3 is 2.71 bits per heavy atom. The zero-order valence-electron chi connectivity index (χ0n) is 15.0. The standard InChI is InChI=1S/C21H28N2O/c1-4-21(24)23-12-11-20(15(2)14-23)22-16(3)18-10-9-17-7-5-6-8-19(17)13-18/h5-10,13,15-16,20,22H,4,11-12,14H2,1-3H3/t15-,16+,20+/m1/s1. The van der Waals surface area contributed by atoms with Gasteiger partial charge in [-0.2, -0.15) is 0 Å². The highest BCUT2D eigenvalue weighted by Gasteiger charge is 2.28. The molecule has 0 saturated carbocycles. The fourth-order valence-electron chi connectivity index (χ4n) is 3.74. The van der Waals surface area contributed by atoms with Crippen molar-refractivity contribution in [1.82, 2.24) is 10.2 Å². The number of amides is 1. The first kappa shape index (κ1) is 17.0. The molecule has 1 amide bonds. The van der Waals surface area contributed by atoms with Gasteiger partial charge in [-0.05, 0) is 41.7 Å². The normalized spacial score (nSPS) is 22.5. The van der Waals surface area contributed by atoms with E-state index in [0.29, 0.717) is 24.4 Å². The Balaban J connectivity index is 1.65. The molecule has 2 aromatic carbocycles. The fraction of sp³-hybridized carbons (Fsp3) is 0.476. The number of nitrogens with one attached hydrogen (secondary N) is 1. The number of carbonyl (C=O) groups is 1. The van der Waals surface area contributed by atoms with Gasteiger partial charge in [0.05, 0.1) is 0 Å². The number of benzene rings is 2. The average molecular weight is 324 g/mol. The van der Waals surface area contributed by atoms with Gasteiger partial charge in [-0.25, -0.2) is 0 Å². The number of carbonyl (C=O) groups excluding carboxylic acids is 1. The van der Waals surface area contributed by atoms with Crippen LogP contribution in [0, 0.1) is 5.92 Å². The molecule has 0 bridgehead atoms. The summed E-state index contributed by atoms with van der Waals surface area (Å²) in [6, 6.07) is 16.0. The third kappa shape index (κ3) is 3.62. The molecule has 1 aliphatic heterocycles. The van der Waals surface area contributed by atoms with Gasteiger partial charge in [0.25, 0.3) is 0 Å². The largest absolute Gasteiger partial charge is 0.342 e. The van der Waals surface area contributed by atoms with Crippen molar-refractivity contribution in [3.05, 3.63) is 48.0 Å². The Hall–Kier alpha value is -1.87. The molecular weight excluding hydrogens is 296 g/mol. The molecule has 3 rings (SSSR count). The van der Waals surface area contributed by atoms with Crippen LogP contribution in [0.4, 0.5) is 0 Å². The van der Waals surface area contributed by atoms with Crippen LogP contribution >= 0.6 is 0 Å². The zero-order valence-corrected chi connectivity index (χ0v) is 15.0. The lowest BCUT2D eigenvalue weighted by Crippen LogP contribution is -2.50. The van der Waals surface area contributed by atoms with Crippen molar-refractivity contribution in [2.75, 3.05) is 13.1 Å². The maximum Gasteiger partial charge on any atom is 0.222 e. The zero-order chi connectivity index (χ0) is 17.1. The predicted octanol–water partition coefficient (Wildman–Crippen LogP) is 4.14. The molecule has 1 heterocycles. The Morgan fingerprint density at radius 2 is 2.00 bits per heavy atom. The maximum absolute atomic E-state index is 11.9. The van der Waals surface area contributed by atoms with Gasteiger partial charge in [-0.3, -0.25) is 4.79 Å². The van der Waals surface area contributed by atoms with Gasteiger partial charge in [-0.15, -0.1) is 0 Å². The molecule has 0 aliphatic carbocycles. The van der Waals surface area contributed by atoms with Gasteiger partial charge >= 0.3 is 0 Å². The van der Waals surface area contributed by atoms with Crippen LogP contribution in [0.2, 0.25) is 0 Å². The molecule has 0 radical (unpaired) electrons. The monoisotopic (exact) mass is 324 g/mol. The summed E-state index contributed by atoms with van der Waals surface area (Å²) in [5.74, 6) is 0.764. The highest BCUT2D eigenvalue weighted by atomic mass is 16.2. The van der Waals surface area contributed by atoms with Crippen LogP contribution in [0.25, 0.3) is 10.8 Å². The van der Waals surface area contributed by atoms with Crippen LogP contribution in [0.3, 0.4) is 0 Å². The molecular formula is C21H28N2O. The summed E-state index contributed by atoms with van der Waals surface area (Å²) in [5.41, 5.74) is 1.33. The molecule has 3 atom stereocenters. The Morgan fingerprint density at radius 1 is 1.25 bits per heavy atom. The lowest BCUT2D eigenvalue weighted by Gasteiger charge is -2.38. The summed E-state index contributed by atoms with van der Waals surface area (Å²) < 4.78 is 0. The molecule has 3 nitrogen and oxygen atoms in total. The second-order valence-corrected chi connectivity index (χ2v) is 7.06. The van der Waals surface area contributed by atoms with Gasteiger partial charge in [-0.1, -0.05) is 50.2 Å². The van der Waals surface area contributed by atoms with Crippen molar-refractivity contribution in [3.8, 4) is 0 Å². The van der Waals surface area contributed by atoms with Crippen molar-refractivity contribution >= 4 is 16.7 Å². The molecule has 24 heavy (non-hydrogen) atoms. The van der Waals surface area contributed by atoms with Crippen LogP contribution in [0.1, 0.15) is 45.2 Å². The van der Waals surface area contributed by atoms with E-state index in [9.17, 15) is 4.79 Å². The number of piperidine rings is 1. The second kappa shape index (κ2) is 7.35. The molecule has 1 fully saturated rings. The molecule has 0 aromatic heterocycles. The van der Waals surface area contributed by atoms with Crippen LogP contribution in [0.15, 0.2) is 42.5 Å². The maximum atomic E-state index is 11.9. The van der Waals surface area contributed by atoms with E-state index in [4.69, 9.17) is 0 Å². The van der Waals surface area contributed by atoms with E-state index in [-0.39, 0.29) is 5.91 Å². The van der Waals surface area contributed by atoms with Crippen molar-refractivity contribution in [3.63, 3.8) is 0 Å². The number of nitrogens with zero attached hydrogens (tertiary/aromatic N) is 1. The SMILES string of the molecule is CCC(=O)N1CC[C@H](N[C@@H](C)c2ccc3ccccc3c2)[C@H](C)C1. The topological polar surface area (TPSA) is 32.3 Å². The highest BCUT2D eigenvalue weighted by Crippen LogP contribution is 2.24. The second-order valence-electron chi connectivity index (χ2n) is 7.06. The summed E-state index contributed by atoms with van der Waals surface area (Å²) in [6.45, 7) is 8.17. The Kier molecular flexibility index (Phi) is 5.20. The van der Waals surface area contributed by atoms with E-state index in [0.717, 1.165) is 19.5 Å². The summed E-state index contributed by atoms with van der Waals surface area (Å²) >= 11 is 0. The van der Waals surface area contributed by atoms with Gasteiger partial charge in [0.2, 0.25) is 5.91 Å². The summed E-state index contributed by atoms with van der Waals surface area (Å²) in [7, 11) is 0. The molecule has 2 aromatic rings. The van der Waals surface area contributed by atoms with Crippen molar-refractivity contribution in [2.45, 2.75) is 45.7 Å². The fourth-order valence-corrected chi connectivity index (χ4v) is 3.74. The molecule has 0 spiro atoms. The van der Waals surface area contributed by atoms with Crippen molar-refractivity contribution < 1.29 is 4.79 Å². The first-order valence-electron chi connectivity index (χ1n) is 9.11.